The monoisotopic (exact) mass is 251 g/mol. The average molecular weight is 251 g/mol. The molecule has 0 amide bonds. The summed E-state index contributed by atoms with van der Waals surface area (Å²) in [4.78, 5) is 14.0. The van der Waals surface area contributed by atoms with Gasteiger partial charge in [0.15, 0.2) is 0 Å². The van der Waals surface area contributed by atoms with Crippen LogP contribution in [0.25, 0.3) is 0 Å². The normalized spacial score (nSPS) is 20.9. The van der Waals surface area contributed by atoms with Gasteiger partial charge in [0.05, 0.1) is 13.4 Å². The highest BCUT2D eigenvalue weighted by atomic mass is 16.5. The molecule has 1 aliphatic rings. The van der Waals surface area contributed by atoms with Gasteiger partial charge < -0.3 is 9.15 Å². The van der Waals surface area contributed by atoms with E-state index in [1.165, 1.54) is 26.4 Å². The Labute approximate surface area is 108 Å². The van der Waals surface area contributed by atoms with Crippen LogP contribution in [0, 0.1) is 0 Å². The number of methoxy groups -OCH3 is 1. The Bertz CT molecular complexity index is 399. The highest BCUT2D eigenvalue weighted by Crippen LogP contribution is 2.23. The van der Waals surface area contributed by atoms with E-state index in [-0.39, 0.29) is 5.97 Å². The van der Waals surface area contributed by atoms with E-state index >= 15 is 0 Å². The number of esters is 1. The highest BCUT2D eigenvalue weighted by molar-refractivity contribution is 5.87. The molecule has 1 aliphatic heterocycles. The highest BCUT2D eigenvalue weighted by Gasteiger charge is 2.24. The number of furan rings is 1. The average Bonchev–Trinajstić information content (AvgIpc) is 2.86. The lowest BCUT2D eigenvalue weighted by Crippen LogP contribution is -2.38. The SMILES string of the molecule is CCC1CCCCN1Cc1ccoc1C(=O)OC. The van der Waals surface area contributed by atoms with Crippen LogP contribution in [0.1, 0.15) is 48.7 Å². The third kappa shape index (κ3) is 2.75. The summed E-state index contributed by atoms with van der Waals surface area (Å²) in [6.45, 7) is 4.10. The molecule has 1 unspecified atom stereocenters. The smallest absolute Gasteiger partial charge is 0.374 e. The van der Waals surface area contributed by atoms with Gasteiger partial charge in [0.1, 0.15) is 0 Å². The maximum absolute atomic E-state index is 11.6. The predicted molar refractivity (Wildman–Crippen MR) is 68.4 cm³/mol. The van der Waals surface area contributed by atoms with E-state index in [1.54, 1.807) is 6.26 Å². The minimum atomic E-state index is -0.389. The lowest BCUT2D eigenvalue weighted by Gasteiger charge is -2.35. The molecule has 0 saturated carbocycles. The summed E-state index contributed by atoms with van der Waals surface area (Å²) in [5, 5.41) is 0. The van der Waals surface area contributed by atoms with Gasteiger partial charge in [-0.2, -0.15) is 0 Å². The molecule has 1 aromatic rings. The van der Waals surface area contributed by atoms with Crippen LogP contribution in [-0.4, -0.2) is 30.6 Å². The number of rotatable bonds is 4. The third-order valence-electron chi connectivity index (χ3n) is 3.71. The predicted octanol–water partition coefficient (Wildman–Crippen LogP) is 2.83. The minimum absolute atomic E-state index is 0.345. The Kier molecular flexibility index (Phi) is 4.42. The summed E-state index contributed by atoms with van der Waals surface area (Å²) in [7, 11) is 1.38. The van der Waals surface area contributed by atoms with Gasteiger partial charge in [0.2, 0.25) is 5.76 Å². The van der Waals surface area contributed by atoms with Crippen LogP contribution in [0.3, 0.4) is 0 Å². The molecule has 0 aliphatic carbocycles. The molecule has 0 spiro atoms. The van der Waals surface area contributed by atoms with Crippen molar-refractivity contribution in [3.8, 4) is 0 Å². The number of hydrogen-bond acceptors (Lipinski definition) is 4. The van der Waals surface area contributed by atoms with Crippen LogP contribution in [0.15, 0.2) is 16.7 Å². The standard InChI is InChI=1S/C14H21NO3/c1-3-12-6-4-5-8-15(12)10-11-7-9-18-13(11)14(16)17-2/h7,9,12H,3-6,8,10H2,1-2H3. The molecule has 1 fully saturated rings. The number of likely N-dealkylation sites (tertiary alicyclic amines) is 1. The Morgan fingerprint density at radius 2 is 2.39 bits per heavy atom. The molecule has 2 rings (SSSR count). The van der Waals surface area contributed by atoms with Crippen molar-refractivity contribution in [1.29, 1.82) is 0 Å². The van der Waals surface area contributed by atoms with E-state index in [4.69, 9.17) is 9.15 Å². The molecule has 1 aromatic heterocycles. The van der Waals surface area contributed by atoms with Crippen molar-refractivity contribution in [2.24, 2.45) is 0 Å². The van der Waals surface area contributed by atoms with Crippen molar-refractivity contribution >= 4 is 5.97 Å². The largest absolute Gasteiger partial charge is 0.463 e. The van der Waals surface area contributed by atoms with E-state index < -0.39 is 0 Å². The second-order valence-corrected chi connectivity index (χ2v) is 4.79. The molecule has 4 nitrogen and oxygen atoms in total. The van der Waals surface area contributed by atoms with Gasteiger partial charge in [0.25, 0.3) is 0 Å². The van der Waals surface area contributed by atoms with Crippen molar-refractivity contribution in [3.05, 3.63) is 23.7 Å². The van der Waals surface area contributed by atoms with Crippen molar-refractivity contribution in [1.82, 2.24) is 4.90 Å². The first-order valence-electron chi connectivity index (χ1n) is 6.65. The lowest BCUT2D eigenvalue weighted by atomic mass is 9.99. The quantitative estimate of drug-likeness (QED) is 0.772. The van der Waals surface area contributed by atoms with Crippen LogP contribution < -0.4 is 0 Å². The van der Waals surface area contributed by atoms with Crippen molar-refractivity contribution in [3.63, 3.8) is 0 Å². The van der Waals surface area contributed by atoms with Gasteiger partial charge in [-0.3, -0.25) is 4.90 Å². The molecular weight excluding hydrogens is 230 g/mol. The molecular formula is C14H21NO3. The number of piperidine rings is 1. The first kappa shape index (κ1) is 13.1. The number of ether oxygens (including phenoxy) is 1. The zero-order chi connectivity index (χ0) is 13.0. The zero-order valence-corrected chi connectivity index (χ0v) is 11.1. The number of carbonyl (C=O) groups excluding carboxylic acids is 1. The molecule has 0 N–H and O–H groups in total. The fourth-order valence-corrected chi connectivity index (χ4v) is 2.68. The maximum atomic E-state index is 11.6. The molecule has 18 heavy (non-hydrogen) atoms. The number of nitrogens with zero attached hydrogens (tertiary/aromatic N) is 1. The maximum Gasteiger partial charge on any atom is 0.374 e. The molecule has 1 saturated heterocycles. The van der Waals surface area contributed by atoms with Crippen LogP contribution in [0.2, 0.25) is 0 Å². The fraction of sp³-hybridized carbons (Fsp3) is 0.643. The zero-order valence-electron chi connectivity index (χ0n) is 11.1. The summed E-state index contributed by atoms with van der Waals surface area (Å²) in [6, 6.07) is 2.49. The molecule has 0 aromatic carbocycles. The minimum Gasteiger partial charge on any atom is -0.463 e. The second kappa shape index (κ2) is 6.05. The summed E-state index contributed by atoms with van der Waals surface area (Å²) in [5.41, 5.74) is 0.933. The Hall–Kier alpha value is -1.29. The van der Waals surface area contributed by atoms with Crippen molar-refractivity contribution in [2.45, 2.75) is 45.2 Å². The molecule has 100 valence electrons. The third-order valence-corrected chi connectivity index (χ3v) is 3.71. The fourth-order valence-electron chi connectivity index (χ4n) is 2.68. The molecule has 0 bridgehead atoms. The number of hydrogen-bond donors (Lipinski definition) is 0. The van der Waals surface area contributed by atoms with E-state index in [1.807, 2.05) is 6.07 Å². The Morgan fingerprint density at radius 3 is 3.11 bits per heavy atom. The second-order valence-electron chi connectivity index (χ2n) is 4.79. The van der Waals surface area contributed by atoms with Crippen LogP contribution >= 0.6 is 0 Å². The lowest BCUT2D eigenvalue weighted by molar-refractivity contribution is 0.0559. The van der Waals surface area contributed by atoms with Gasteiger partial charge in [-0.15, -0.1) is 0 Å². The van der Waals surface area contributed by atoms with Gasteiger partial charge in [-0.1, -0.05) is 13.3 Å². The summed E-state index contributed by atoms with van der Waals surface area (Å²) < 4.78 is 9.95. The Balaban J connectivity index is 2.08. The van der Waals surface area contributed by atoms with Crippen molar-refractivity contribution in [2.75, 3.05) is 13.7 Å². The molecule has 1 atom stereocenters. The summed E-state index contributed by atoms with van der Waals surface area (Å²) >= 11 is 0. The Morgan fingerprint density at radius 1 is 1.56 bits per heavy atom. The molecule has 0 radical (unpaired) electrons. The first-order valence-corrected chi connectivity index (χ1v) is 6.65. The van der Waals surface area contributed by atoms with Gasteiger partial charge in [0, 0.05) is 18.2 Å². The summed E-state index contributed by atoms with van der Waals surface area (Å²) in [6.07, 6.45) is 6.52. The molecule has 4 heteroatoms. The van der Waals surface area contributed by atoms with Gasteiger partial charge >= 0.3 is 5.97 Å². The van der Waals surface area contributed by atoms with Gasteiger partial charge in [-0.25, -0.2) is 4.79 Å². The van der Waals surface area contributed by atoms with Crippen LogP contribution in [0.4, 0.5) is 0 Å². The topological polar surface area (TPSA) is 42.7 Å². The van der Waals surface area contributed by atoms with Crippen LogP contribution in [-0.2, 0) is 11.3 Å². The van der Waals surface area contributed by atoms with Crippen LogP contribution in [0.5, 0.6) is 0 Å². The summed E-state index contributed by atoms with van der Waals surface area (Å²) in [5.74, 6) is -0.0435. The van der Waals surface area contributed by atoms with Gasteiger partial charge in [-0.05, 0) is 31.9 Å². The molecule has 2 heterocycles. The first-order chi connectivity index (χ1) is 8.76. The van der Waals surface area contributed by atoms with E-state index in [2.05, 4.69) is 11.8 Å². The number of carbonyl (C=O) groups is 1. The van der Waals surface area contributed by atoms with E-state index in [0.717, 1.165) is 25.1 Å². The van der Waals surface area contributed by atoms with E-state index in [0.29, 0.717) is 11.8 Å². The van der Waals surface area contributed by atoms with Crippen molar-refractivity contribution < 1.29 is 13.9 Å². The van der Waals surface area contributed by atoms with E-state index in [9.17, 15) is 4.79 Å².